The lowest BCUT2D eigenvalue weighted by Gasteiger charge is -2.13. The summed E-state index contributed by atoms with van der Waals surface area (Å²) < 4.78 is 1.80. The molecule has 2 atom stereocenters. The summed E-state index contributed by atoms with van der Waals surface area (Å²) in [7, 11) is 2.12. The Morgan fingerprint density at radius 1 is 1.33 bits per heavy atom. The monoisotopic (exact) mass is 388 g/mol. The molecule has 0 radical (unpaired) electrons. The molecule has 0 saturated carbocycles. The van der Waals surface area contributed by atoms with E-state index in [4.69, 9.17) is 0 Å². The van der Waals surface area contributed by atoms with E-state index in [1.807, 2.05) is 6.92 Å². The Labute approximate surface area is 162 Å². The van der Waals surface area contributed by atoms with Gasteiger partial charge >= 0.3 is 0 Å². The number of tetrazole rings is 1. The van der Waals surface area contributed by atoms with Crippen LogP contribution in [0.25, 0.3) is 0 Å². The van der Waals surface area contributed by atoms with Crippen LogP contribution in [0.2, 0.25) is 0 Å². The summed E-state index contributed by atoms with van der Waals surface area (Å²) in [6, 6.07) is 6.91. The molecule has 1 amide bonds. The zero-order valence-electron chi connectivity index (χ0n) is 15.8. The number of nitrogens with zero attached hydrogens (tertiary/aromatic N) is 5. The highest BCUT2D eigenvalue weighted by Gasteiger charge is 2.24. The van der Waals surface area contributed by atoms with Crippen molar-refractivity contribution in [2.24, 2.45) is 5.92 Å². The van der Waals surface area contributed by atoms with Crippen LogP contribution in [0.4, 0.5) is 5.69 Å². The van der Waals surface area contributed by atoms with Gasteiger partial charge in [0.05, 0.1) is 5.25 Å². The molecule has 27 heavy (non-hydrogen) atoms. The summed E-state index contributed by atoms with van der Waals surface area (Å²) in [6.07, 6.45) is 1.13. The van der Waals surface area contributed by atoms with Crippen molar-refractivity contribution in [3.8, 4) is 0 Å². The first kappa shape index (κ1) is 19.5. The van der Waals surface area contributed by atoms with Gasteiger partial charge < -0.3 is 10.2 Å². The van der Waals surface area contributed by atoms with E-state index in [0.29, 0.717) is 22.3 Å². The third-order valence-corrected chi connectivity index (χ3v) is 5.63. The molecule has 1 aromatic carbocycles. The van der Waals surface area contributed by atoms with Crippen molar-refractivity contribution >= 4 is 29.1 Å². The SMILES string of the molecule is CC(=O)Nc1ccc(C(=O)[C@H](C)Sc2nnnn2C[C@H]2CCN(C)C2)cc1. The maximum absolute atomic E-state index is 12.7. The number of amides is 1. The molecule has 0 unspecified atom stereocenters. The number of hydrogen-bond donors (Lipinski definition) is 1. The highest BCUT2D eigenvalue weighted by molar-refractivity contribution is 8.00. The molecule has 1 fully saturated rings. The van der Waals surface area contributed by atoms with E-state index in [1.165, 1.54) is 18.7 Å². The topological polar surface area (TPSA) is 93.0 Å². The fourth-order valence-corrected chi connectivity index (χ4v) is 4.06. The van der Waals surface area contributed by atoms with E-state index in [9.17, 15) is 9.59 Å². The maximum Gasteiger partial charge on any atom is 0.221 e. The molecule has 0 spiro atoms. The molecule has 1 N–H and O–H groups in total. The Morgan fingerprint density at radius 2 is 2.07 bits per heavy atom. The van der Waals surface area contributed by atoms with Gasteiger partial charge in [-0.05, 0) is 67.5 Å². The number of anilines is 1. The van der Waals surface area contributed by atoms with E-state index < -0.39 is 0 Å². The number of carbonyl (C=O) groups is 2. The number of thioether (sulfide) groups is 1. The highest BCUT2D eigenvalue weighted by atomic mass is 32.2. The van der Waals surface area contributed by atoms with Crippen LogP contribution >= 0.6 is 11.8 Å². The summed E-state index contributed by atoms with van der Waals surface area (Å²) in [4.78, 5) is 26.1. The molecular formula is C18H24N6O2S. The van der Waals surface area contributed by atoms with Crippen LogP contribution in [-0.2, 0) is 11.3 Å². The first-order valence-electron chi connectivity index (χ1n) is 8.95. The predicted molar refractivity (Wildman–Crippen MR) is 104 cm³/mol. The van der Waals surface area contributed by atoms with Crippen LogP contribution in [0.15, 0.2) is 29.4 Å². The van der Waals surface area contributed by atoms with Crippen LogP contribution < -0.4 is 5.32 Å². The van der Waals surface area contributed by atoms with Gasteiger partial charge in [0.15, 0.2) is 5.78 Å². The Morgan fingerprint density at radius 3 is 2.70 bits per heavy atom. The van der Waals surface area contributed by atoms with Gasteiger partial charge in [-0.15, -0.1) is 5.10 Å². The summed E-state index contributed by atoms with van der Waals surface area (Å²) in [6.45, 7) is 6.21. The van der Waals surface area contributed by atoms with Gasteiger partial charge in [0.2, 0.25) is 11.1 Å². The first-order valence-corrected chi connectivity index (χ1v) is 9.83. The number of carbonyl (C=O) groups excluding carboxylic acids is 2. The third-order valence-electron chi connectivity index (χ3n) is 4.56. The minimum absolute atomic E-state index is 0.00419. The van der Waals surface area contributed by atoms with Crippen molar-refractivity contribution in [2.45, 2.75) is 37.2 Å². The van der Waals surface area contributed by atoms with Crippen LogP contribution in [0.5, 0.6) is 0 Å². The van der Waals surface area contributed by atoms with Crippen molar-refractivity contribution in [3.05, 3.63) is 29.8 Å². The minimum atomic E-state index is -0.312. The van der Waals surface area contributed by atoms with Gasteiger partial charge in [-0.3, -0.25) is 9.59 Å². The molecule has 0 aliphatic carbocycles. The minimum Gasteiger partial charge on any atom is -0.326 e. The molecular weight excluding hydrogens is 364 g/mol. The summed E-state index contributed by atoms with van der Waals surface area (Å²) in [5.74, 6) is 0.396. The lowest BCUT2D eigenvalue weighted by atomic mass is 10.1. The van der Waals surface area contributed by atoms with Crippen molar-refractivity contribution in [2.75, 3.05) is 25.5 Å². The number of rotatable bonds is 7. The lowest BCUT2D eigenvalue weighted by molar-refractivity contribution is -0.114. The second-order valence-corrected chi connectivity index (χ2v) is 8.25. The van der Waals surface area contributed by atoms with Gasteiger partial charge in [0.1, 0.15) is 0 Å². The Bertz CT molecular complexity index is 806. The maximum atomic E-state index is 12.7. The second kappa shape index (κ2) is 8.62. The Balaban J connectivity index is 1.61. The fourth-order valence-electron chi connectivity index (χ4n) is 3.18. The van der Waals surface area contributed by atoms with Crippen LogP contribution in [0, 0.1) is 5.92 Å². The molecule has 9 heteroatoms. The van der Waals surface area contributed by atoms with Crippen molar-refractivity contribution < 1.29 is 9.59 Å². The Kier molecular flexibility index (Phi) is 6.22. The van der Waals surface area contributed by atoms with Crippen LogP contribution in [0.1, 0.15) is 30.6 Å². The van der Waals surface area contributed by atoms with Gasteiger partial charge in [-0.25, -0.2) is 4.68 Å². The number of hydrogen-bond acceptors (Lipinski definition) is 7. The standard InChI is InChI=1S/C18H24N6O2S/c1-12(17(26)15-4-6-16(7-5-15)19-13(2)25)27-18-20-21-22-24(18)11-14-8-9-23(3)10-14/h4-7,12,14H,8-11H2,1-3H3,(H,19,25)/t12-,14-/m0/s1. The highest BCUT2D eigenvalue weighted by Crippen LogP contribution is 2.25. The molecule has 2 heterocycles. The van der Waals surface area contributed by atoms with Crippen molar-refractivity contribution in [3.63, 3.8) is 0 Å². The number of ketones is 1. The van der Waals surface area contributed by atoms with Gasteiger partial charge in [-0.2, -0.15) is 0 Å². The molecule has 0 bridgehead atoms. The fraction of sp³-hybridized carbons (Fsp3) is 0.500. The smallest absolute Gasteiger partial charge is 0.221 e. The third kappa shape index (κ3) is 5.14. The average Bonchev–Trinajstić information content (AvgIpc) is 3.24. The summed E-state index contributed by atoms with van der Waals surface area (Å²) >= 11 is 1.37. The molecule has 2 aromatic rings. The second-order valence-electron chi connectivity index (χ2n) is 6.94. The van der Waals surface area contributed by atoms with E-state index in [2.05, 4.69) is 32.8 Å². The summed E-state index contributed by atoms with van der Waals surface area (Å²) in [5, 5.41) is 15.0. The van der Waals surface area contributed by atoms with E-state index in [1.54, 1.807) is 28.9 Å². The molecule has 1 saturated heterocycles. The van der Waals surface area contributed by atoms with Gasteiger partial charge in [-0.1, -0.05) is 11.8 Å². The van der Waals surface area contributed by atoms with Crippen molar-refractivity contribution in [1.82, 2.24) is 25.1 Å². The number of aromatic nitrogens is 4. The molecule has 1 aromatic heterocycles. The normalized spacial score (nSPS) is 18.4. The van der Waals surface area contributed by atoms with E-state index >= 15 is 0 Å². The molecule has 144 valence electrons. The molecule has 8 nitrogen and oxygen atoms in total. The number of Topliss-reactive ketones (excluding diaryl/α,β-unsaturated/α-hetero) is 1. The first-order chi connectivity index (χ1) is 12.9. The largest absolute Gasteiger partial charge is 0.326 e. The Hall–Kier alpha value is -2.26. The quantitative estimate of drug-likeness (QED) is 0.572. The predicted octanol–water partition coefficient (Wildman–Crippen LogP) is 1.95. The number of benzene rings is 1. The average molecular weight is 388 g/mol. The van der Waals surface area contributed by atoms with E-state index in [-0.39, 0.29) is 16.9 Å². The van der Waals surface area contributed by atoms with Gasteiger partial charge in [0, 0.05) is 31.3 Å². The van der Waals surface area contributed by atoms with Gasteiger partial charge in [0.25, 0.3) is 0 Å². The molecule has 1 aliphatic heterocycles. The summed E-state index contributed by atoms with van der Waals surface area (Å²) in [5.41, 5.74) is 1.27. The van der Waals surface area contributed by atoms with E-state index in [0.717, 1.165) is 26.1 Å². The zero-order chi connectivity index (χ0) is 19.4. The molecule has 1 aliphatic rings. The lowest BCUT2D eigenvalue weighted by Crippen LogP contribution is -2.19. The van der Waals surface area contributed by atoms with Crippen LogP contribution in [0.3, 0.4) is 0 Å². The zero-order valence-corrected chi connectivity index (χ0v) is 16.6. The number of nitrogens with one attached hydrogen (secondary N) is 1. The van der Waals surface area contributed by atoms with Crippen LogP contribution in [-0.4, -0.2) is 62.2 Å². The molecule has 3 rings (SSSR count). The number of likely N-dealkylation sites (tertiary alicyclic amines) is 1. The van der Waals surface area contributed by atoms with Crippen molar-refractivity contribution in [1.29, 1.82) is 0 Å².